The Morgan fingerprint density at radius 1 is 1.00 bits per heavy atom. The summed E-state index contributed by atoms with van der Waals surface area (Å²) < 4.78 is 20.6. The van der Waals surface area contributed by atoms with Gasteiger partial charge in [0.05, 0.1) is 0 Å². The van der Waals surface area contributed by atoms with E-state index >= 15 is 0 Å². The van der Waals surface area contributed by atoms with Gasteiger partial charge < -0.3 is 24.7 Å². The van der Waals surface area contributed by atoms with Crippen molar-refractivity contribution >= 4 is 17.7 Å². The SMILES string of the molecule is NC(=O)COc1ccccc1C(=O)OCC(=O)c1ccc2c(c1)OCO2. The standard InChI is InChI=1S/C18H15NO7/c19-17(21)9-23-14-4-2-1-3-12(14)18(22)24-8-13(20)11-5-6-15-16(7-11)26-10-25-15/h1-7H,8-10H2,(H2,19,21). The third kappa shape index (κ3) is 3.92. The zero-order valence-corrected chi connectivity index (χ0v) is 13.6. The normalized spacial score (nSPS) is 11.7. The first-order valence-electron chi connectivity index (χ1n) is 7.64. The van der Waals surface area contributed by atoms with E-state index in [4.69, 9.17) is 24.7 Å². The van der Waals surface area contributed by atoms with Gasteiger partial charge in [-0.1, -0.05) is 12.1 Å². The van der Waals surface area contributed by atoms with E-state index in [-0.39, 0.29) is 24.7 Å². The molecule has 0 atom stereocenters. The molecule has 0 radical (unpaired) electrons. The van der Waals surface area contributed by atoms with Crippen LogP contribution in [0.4, 0.5) is 0 Å². The molecule has 8 heteroatoms. The maximum atomic E-state index is 12.2. The number of para-hydroxylation sites is 1. The molecule has 0 aliphatic carbocycles. The fourth-order valence-corrected chi connectivity index (χ4v) is 2.27. The topological polar surface area (TPSA) is 114 Å². The number of carbonyl (C=O) groups is 3. The second-order valence-electron chi connectivity index (χ2n) is 5.32. The van der Waals surface area contributed by atoms with Crippen molar-refractivity contribution in [1.29, 1.82) is 0 Å². The Hall–Kier alpha value is -3.55. The number of carbonyl (C=O) groups excluding carboxylic acids is 3. The third-order valence-corrected chi connectivity index (χ3v) is 3.51. The number of nitrogens with two attached hydrogens (primary N) is 1. The van der Waals surface area contributed by atoms with Gasteiger partial charge in [-0.2, -0.15) is 0 Å². The van der Waals surface area contributed by atoms with E-state index in [1.54, 1.807) is 24.3 Å². The molecule has 8 nitrogen and oxygen atoms in total. The molecule has 0 bridgehead atoms. The van der Waals surface area contributed by atoms with Crippen LogP contribution in [-0.2, 0) is 9.53 Å². The number of ketones is 1. The van der Waals surface area contributed by atoms with Crippen LogP contribution >= 0.6 is 0 Å². The van der Waals surface area contributed by atoms with Gasteiger partial charge in [0.1, 0.15) is 11.3 Å². The second-order valence-corrected chi connectivity index (χ2v) is 5.32. The van der Waals surface area contributed by atoms with E-state index in [1.165, 1.54) is 18.2 Å². The average Bonchev–Trinajstić information content (AvgIpc) is 3.12. The lowest BCUT2D eigenvalue weighted by molar-refractivity contribution is -0.119. The van der Waals surface area contributed by atoms with E-state index in [1.807, 2.05) is 0 Å². The molecule has 134 valence electrons. The molecule has 2 aromatic rings. The molecule has 26 heavy (non-hydrogen) atoms. The molecule has 3 rings (SSSR count). The number of Topliss-reactive ketones (excluding diaryl/α,β-unsaturated/α-hetero) is 1. The first-order valence-corrected chi connectivity index (χ1v) is 7.64. The van der Waals surface area contributed by atoms with Crippen LogP contribution in [0.2, 0.25) is 0 Å². The first-order chi connectivity index (χ1) is 12.5. The van der Waals surface area contributed by atoms with Crippen molar-refractivity contribution in [3.63, 3.8) is 0 Å². The van der Waals surface area contributed by atoms with Crippen molar-refractivity contribution in [3.8, 4) is 17.2 Å². The molecule has 0 saturated carbocycles. The van der Waals surface area contributed by atoms with Gasteiger partial charge in [-0.15, -0.1) is 0 Å². The molecular weight excluding hydrogens is 342 g/mol. The fourth-order valence-electron chi connectivity index (χ4n) is 2.27. The van der Waals surface area contributed by atoms with Crippen LogP contribution in [0.5, 0.6) is 17.2 Å². The predicted octanol–water partition coefficient (Wildman–Crippen LogP) is 1.32. The Morgan fingerprint density at radius 2 is 1.77 bits per heavy atom. The summed E-state index contributed by atoms with van der Waals surface area (Å²) in [6.45, 7) is -0.729. The average molecular weight is 357 g/mol. The van der Waals surface area contributed by atoms with Gasteiger partial charge in [-0.25, -0.2) is 4.79 Å². The predicted molar refractivity (Wildman–Crippen MR) is 88.3 cm³/mol. The summed E-state index contributed by atoms with van der Waals surface area (Å²) in [5.41, 5.74) is 5.45. The molecular formula is C18H15NO7. The Balaban J connectivity index is 1.63. The van der Waals surface area contributed by atoms with Crippen LogP contribution in [0.1, 0.15) is 20.7 Å². The van der Waals surface area contributed by atoms with Crippen molar-refractivity contribution in [1.82, 2.24) is 0 Å². The maximum Gasteiger partial charge on any atom is 0.342 e. The second kappa shape index (κ2) is 7.56. The van der Waals surface area contributed by atoms with Gasteiger partial charge in [0.15, 0.2) is 30.5 Å². The lowest BCUT2D eigenvalue weighted by atomic mass is 10.1. The minimum atomic E-state index is -0.751. The van der Waals surface area contributed by atoms with Crippen molar-refractivity contribution in [2.24, 2.45) is 5.73 Å². The number of esters is 1. The van der Waals surface area contributed by atoms with Crippen LogP contribution in [0.3, 0.4) is 0 Å². The van der Waals surface area contributed by atoms with E-state index in [0.717, 1.165) is 0 Å². The molecule has 1 aliphatic heterocycles. The summed E-state index contributed by atoms with van der Waals surface area (Å²) >= 11 is 0. The molecule has 0 fully saturated rings. The van der Waals surface area contributed by atoms with Crippen molar-refractivity contribution in [2.45, 2.75) is 0 Å². The number of primary amides is 1. The molecule has 0 saturated heterocycles. The van der Waals surface area contributed by atoms with Crippen LogP contribution in [0.25, 0.3) is 0 Å². The Bertz CT molecular complexity index is 862. The number of fused-ring (bicyclic) bond motifs is 1. The van der Waals surface area contributed by atoms with Gasteiger partial charge in [0.25, 0.3) is 5.91 Å². The zero-order chi connectivity index (χ0) is 18.5. The highest BCUT2D eigenvalue weighted by Crippen LogP contribution is 2.32. The minimum Gasteiger partial charge on any atom is -0.483 e. The molecule has 1 heterocycles. The number of rotatable bonds is 7. The summed E-state index contributed by atoms with van der Waals surface area (Å²) in [7, 11) is 0. The van der Waals surface area contributed by atoms with Crippen LogP contribution < -0.4 is 19.9 Å². The maximum absolute atomic E-state index is 12.2. The minimum absolute atomic E-state index is 0.0900. The summed E-state index contributed by atoms with van der Waals surface area (Å²) in [4.78, 5) is 35.3. The van der Waals surface area contributed by atoms with Crippen molar-refractivity contribution < 1.29 is 33.3 Å². The molecule has 1 amide bonds. The van der Waals surface area contributed by atoms with E-state index in [2.05, 4.69) is 0 Å². The summed E-state index contributed by atoms with van der Waals surface area (Å²) in [5.74, 6) is -0.657. The van der Waals surface area contributed by atoms with Gasteiger partial charge in [0.2, 0.25) is 6.79 Å². The summed E-state index contributed by atoms with van der Waals surface area (Å²) in [5, 5.41) is 0. The van der Waals surface area contributed by atoms with Gasteiger partial charge >= 0.3 is 5.97 Å². The summed E-state index contributed by atoms with van der Waals surface area (Å²) in [6, 6.07) is 10.9. The van der Waals surface area contributed by atoms with Gasteiger partial charge in [-0.05, 0) is 30.3 Å². The number of amides is 1. The molecule has 0 unspecified atom stereocenters. The lowest BCUT2D eigenvalue weighted by Crippen LogP contribution is -2.21. The van der Waals surface area contributed by atoms with Gasteiger partial charge in [-0.3, -0.25) is 9.59 Å². The highest BCUT2D eigenvalue weighted by molar-refractivity contribution is 6.00. The summed E-state index contributed by atoms with van der Waals surface area (Å²) in [6.07, 6.45) is 0. The highest BCUT2D eigenvalue weighted by Gasteiger charge is 2.19. The van der Waals surface area contributed by atoms with Crippen molar-refractivity contribution in [3.05, 3.63) is 53.6 Å². The first kappa shape index (κ1) is 17.3. The molecule has 2 aromatic carbocycles. The number of hydrogen-bond donors (Lipinski definition) is 1. The molecule has 1 aliphatic rings. The zero-order valence-electron chi connectivity index (χ0n) is 13.6. The number of ether oxygens (including phenoxy) is 4. The van der Waals surface area contributed by atoms with E-state index in [9.17, 15) is 14.4 Å². The van der Waals surface area contributed by atoms with E-state index in [0.29, 0.717) is 17.1 Å². The Labute approximate surface area is 148 Å². The smallest absolute Gasteiger partial charge is 0.342 e. The molecule has 2 N–H and O–H groups in total. The monoisotopic (exact) mass is 357 g/mol. The van der Waals surface area contributed by atoms with Crippen LogP contribution in [-0.4, -0.2) is 37.7 Å². The van der Waals surface area contributed by atoms with E-state index < -0.39 is 24.3 Å². The number of benzene rings is 2. The Kier molecular flexibility index (Phi) is 5.02. The van der Waals surface area contributed by atoms with Gasteiger partial charge in [0, 0.05) is 5.56 Å². The molecule has 0 aromatic heterocycles. The number of hydrogen-bond acceptors (Lipinski definition) is 7. The fraction of sp³-hybridized carbons (Fsp3) is 0.167. The quantitative estimate of drug-likeness (QED) is 0.587. The van der Waals surface area contributed by atoms with Crippen molar-refractivity contribution in [2.75, 3.05) is 20.0 Å². The lowest BCUT2D eigenvalue weighted by Gasteiger charge is -2.10. The largest absolute Gasteiger partial charge is 0.483 e. The Morgan fingerprint density at radius 3 is 2.58 bits per heavy atom. The van der Waals surface area contributed by atoms with Crippen LogP contribution in [0, 0.1) is 0 Å². The highest BCUT2D eigenvalue weighted by atomic mass is 16.7. The van der Waals surface area contributed by atoms with Crippen LogP contribution in [0.15, 0.2) is 42.5 Å². The third-order valence-electron chi connectivity index (χ3n) is 3.51. The molecule has 0 spiro atoms.